The summed E-state index contributed by atoms with van der Waals surface area (Å²) < 4.78 is 31.6. The fraction of sp³-hybridized carbons (Fsp3) is 0.200. The highest BCUT2D eigenvalue weighted by Crippen LogP contribution is 2.09. The van der Waals surface area contributed by atoms with Crippen molar-refractivity contribution >= 4 is 16.0 Å². The van der Waals surface area contributed by atoms with Gasteiger partial charge in [-0.3, -0.25) is 4.79 Å². The molecule has 1 N–H and O–H groups in total. The van der Waals surface area contributed by atoms with E-state index in [1.165, 1.54) is 19.4 Å². The first-order chi connectivity index (χ1) is 10.5. The number of carbonyl (C=O) groups is 1. The molecule has 6 nitrogen and oxygen atoms in total. The maximum atomic E-state index is 12.3. The number of carbonyl (C=O) groups excluding carboxylic acids is 1. The van der Waals surface area contributed by atoms with Crippen LogP contribution in [0.2, 0.25) is 0 Å². The van der Waals surface area contributed by atoms with E-state index in [9.17, 15) is 13.2 Å². The Morgan fingerprint density at radius 2 is 1.86 bits per heavy atom. The third-order valence-corrected chi connectivity index (χ3v) is 4.37. The summed E-state index contributed by atoms with van der Waals surface area (Å²) in [6.45, 7) is 0. The van der Waals surface area contributed by atoms with Gasteiger partial charge in [-0.2, -0.15) is 4.72 Å². The number of pyridine rings is 1. The van der Waals surface area contributed by atoms with Crippen LogP contribution in [0.15, 0.2) is 59.8 Å². The van der Waals surface area contributed by atoms with E-state index in [2.05, 4.69) is 14.4 Å². The molecule has 22 heavy (non-hydrogen) atoms. The molecule has 2 rings (SSSR count). The third kappa shape index (κ3) is 4.12. The molecular formula is C15H16N2O4S. The molecule has 0 aliphatic heterocycles. The summed E-state index contributed by atoms with van der Waals surface area (Å²) in [6, 6.07) is 12.6. The van der Waals surface area contributed by atoms with Gasteiger partial charge in [0, 0.05) is 6.20 Å². The van der Waals surface area contributed by atoms with Crippen molar-refractivity contribution in [2.75, 3.05) is 7.11 Å². The van der Waals surface area contributed by atoms with Crippen molar-refractivity contribution in [3.8, 4) is 0 Å². The second kappa shape index (κ2) is 7.15. The lowest BCUT2D eigenvalue weighted by Crippen LogP contribution is -2.43. The molecule has 0 fully saturated rings. The van der Waals surface area contributed by atoms with Gasteiger partial charge < -0.3 is 4.74 Å². The number of rotatable bonds is 6. The average molecular weight is 320 g/mol. The minimum atomic E-state index is -3.90. The van der Waals surface area contributed by atoms with Crippen LogP contribution in [-0.4, -0.2) is 32.5 Å². The Bertz CT molecular complexity index is 718. The second-order valence-corrected chi connectivity index (χ2v) is 6.22. The first-order valence-electron chi connectivity index (χ1n) is 6.58. The van der Waals surface area contributed by atoms with E-state index < -0.39 is 22.0 Å². The molecule has 2 aromatic rings. The highest BCUT2D eigenvalue weighted by molar-refractivity contribution is 7.89. The first-order valence-corrected chi connectivity index (χ1v) is 8.06. The number of esters is 1. The molecule has 1 aromatic carbocycles. The summed E-state index contributed by atoms with van der Waals surface area (Å²) in [5.74, 6) is -0.650. The molecule has 0 saturated heterocycles. The van der Waals surface area contributed by atoms with Gasteiger partial charge in [-0.25, -0.2) is 13.4 Å². The molecule has 7 heteroatoms. The van der Waals surface area contributed by atoms with Crippen LogP contribution < -0.4 is 4.72 Å². The summed E-state index contributed by atoms with van der Waals surface area (Å²) in [6.07, 6.45) is 1.57. The highest BCUT2D eigenvalue weighted by Gasteiger charge is 2.27. The van der Waals surface area contributed by atoms with Gasteiger partial charge in [-0.15, -0.1) is 0 Å². The number of methoxy groups -OCH3 is 1. The van der Waals surface area contributed by atoms with Crippen molar-refractivity contribution in [3.63, 3.8) is 0 Å². The Morgan fingerprint density at radius 1 is 1.18 bits per heavy atom. The lowest BCUT2D eigenvalue weighted by atomic mass is 10.1. The number of hydrogen-bond donors (Lipinski definition) is 1. The van der Waals surface area contributed by atoms with E-state index in [0.717, 1.165) is 5.56 Å². The predicted octanol–water partition coefficient (Wildman–Crippen LogP) is 1.14. The molecular weight excluding hydrogens is 304 g/mol. The van der Waals surface area contributed by atoms with Gasteiger partial charge in [-0.05, 0) is 24.1 Å². The molecule has 0 radical (unpaired) electrons. The molecule has 0 aliphatic rings. The molecule has 0 bridgehead atoms. The Morgan fingerprint density at radius 3 is 2.45 bits per heavy atom. The molecule has 1 aromatic heterocycles. The Hall–Kier alpha value is -2.25. The number of nitrogens with zero attached hydrogens (tertiary/aromatic N) is 1. The van der Waals surface area contributed by atoms with Crippen LogP contribution in [0.25, 0.3) is 0 Å². The quantitative estimate of drug-likeness (QED) is 0.807. The molecule has 0 aliphatic carbocycles. The first kappa shape index (κ1) is 16.1. The van der Waals surface area contributed by atoms with Gasteiger partial charge >= 0.3 is 5.97 Å². The van der Waals surface area contributed by atoms with Gasteiger partial charge in [-0.1, -0.05) is 36.4 Å². The Balaban J connectivity index is 2.22. The zero-order chi connectivity index (χ0) is 16.0. The van der Waals surface area contributed by atoms with Crippen molar-refractivity contribution in [2.24, 2.45) is 0 Å². The van der Waals surface area contributed by atoms with Crippen LogP contribution in [0.1, 0.15) is 5.56 Å². The smallest absolute Gasteiger partial charge is 0.324 e. The fourth-order valence-corrected chi connectivity index (χ4v) is 3.05. The van der Waals surface area contributed by atoms with E-state index in [4.69, 9.17) is 0 Å². The lowest BCUT2D eigenvalue weighted by Gasteiger charge is -2.16. The van der Waals surface area contributed by atoms with E-state index >= 15 is 0 Å². The standard InChI is InChI=1S/C15H16N2O4S/c1-21-15(18)13(11-12-7-3-2-4-8-12)17-22(19,20)14-9-5-6-10-16-14/h2-10,13,17H,11H2,1H3. The molecule has 0 saturated carbocycles. The number of hydrogen-bond acceptors (Lipinski definition) is 5. The van der Waals surface area contributed by atoms with Gasteiger partial charge in [0.05, 0.1) is 7.11 Å². The zero-order valence-corrected chi connectivity index (χ0v) is 12.8. The minimum absolute atomic E-state index is 0.142. The number of benzene rings is 1. The highest BCUT2D eigenvalue weighted by atomic mass is 32.2. The SMILES string of the molecule is COC(=O)C(Cc1ccccc1)NS(=O)(=O)c1ccccn1. The van der Waals surface area contributed by atoms with Crippen LogP contribution in [0.4, 0.5) is 0 Å². The summed E-state index contributed by atoms with van der Waals surface area (Å²) in [5, 5.41) is -0.142. The van der Waals surface area contributed by atoms with Crippen molar-refractivity contribution in [3.05, 3.63) is 60.3 Å². The lowest BCUT2D eigenvalue weighted by molar-refractivity contribution is -0.142. The monoisotopic (exact) mass is 320 g/mol. The van der Waals surface area contributed by atoms with Crippen molar-refractivity contribution in [1.29, 1.82) is 0 Å². The van der Waals surface area contributed by atoms with Crippen LogP contribution >= 0.6 is 0 Å². The van der Waals surface area contributed by atoms with Gasteiger partial charge in [0.15, 0.2) is 5.03 Å². The molecule has 1 unspecified atom stereocenters. The summed E-state index contributed by atoms with van der Waals surface area (Å²) in [5.41, 5.74) is 0.821. The predicted molar refractivity (Wildman–Crippen MR) is 80.5 cm³/mol. The maximum Gasteiger partial charge on any atom is 0.324 e. The topological polar surface area (TPSA) is 85.4 Å². The third-order valence-electron chi connectivity index (χ3n) is 2.98. The summed E-state index contributed by atoms with van der Waals surface area (Å²) in [7, 11) is -2.68. The van der Waals surface area contributed by atoms with Crippen LogP contribution in [0.3, 0.4) is 0 Å². The average Bonchev–Trinajstić information content (AvgIpc) is 2.55. The number of sulfonamides is 1. The van der Waals surface area contributed by atoms with Crippen LogP contribution in [-0.2, 0) is 26.0 Å². The van der Waals surface area contributed by atoms with Crippen molar-refractivity contribution in [2.45, 2.75) is 17.5 Å². The molecule has 0 amide bonds. The van der Waals surface area contributed by atoms with E-state index in [0.29, 0.717) is 0 Å². The molecule has 1 atom stereocenters. The second-order valence-electron chi connectivity index (χ2n) is 4.55. The number of ether oxygens (including phenoxy) is 1. The van der Waals surface area contributed by atoms with E-state index in [-0.39, 0.29) is 11.4 Å². The van der Waals surface area contributed by atoms with Gasteiger partial charge in [0.1, 0.15) is 6.04 Å². The van der Waals surface area contributed by atoms with E-state index in [1.807, 2.05) is 30.3 Å². The maximum absolute atomic E-state index is 12.3. The molecule has 116 valence electrons. The zero-order valence-electron chi connectivity index (χ0n) is 12.0. The number of nitrogens with one attached hydrogen (secondary N) is 1. The molecule has 1 heterocycles. The van der Waals surface area contributed by atoms with Crippen LogP contribution in [0, 0.1) is 0 Å². The van der Waals surface area contributed by atoms with Gasteiger partial charge in [0.2, 0.25) is 0 Å². The van der Waals surface area contributed by atoms with Crippen molar-refractivity contribution < 1.29 is 17.9 Å². The van der Waals surface area contributed by atoms with E-state index in [1.54, 1.807) is 12.1 Å². The largest absolute Gasteiger partial charge is 0.468 e. The molecule has 0 spiro atoms. The van der Waals surface area contributed by atoms with Crippen LogP contribution in [0.5, 0.6) is 0 Å². The summed E-state index contributed by atoms with van der Waals surface area (Å²) >= 11 is 0. The van der Waals surface area contributed by atoms with Gasteiger partial charge in [0.25, 0.3) is 10.0 Å². The number of aromatic nitrogens is 1. The van der Waals surface area contributed by atoms with Crippen molar-refractivity contribution in [1.82, 2.24) is 9.71 Å². The Kier molecular flexibility index (Phi) is 5.24. The Labute approximate surface area is 129 Å². The summed E-state index contributed by atoms with van der Waals surface area (Å²) in [4.78, 5) is 15.6. The minimum Gasteiger partial charge on any atom is -0.468 e. The fourth-order valence-electron chi connectivity index (χ4n) is 1.92. The normalized spacial score (nSPS) is 12.6.